The normalized spacial score (nSPS) is 20.8. The van der Waals surface area contributed by atoms with Crippen LogP contribution in [0.4, 0.5) is 0 Å². The van der Waals surface area contributed by atoms with E-state index in [0.29, 0.717) is 12.1 Å². The maximum absolute atomic E-state index is 4.83. The zero-order valence-corrected chi connectivity index (χ0v) is 19.2. The number of likely N-dealkylation sites (tertiary alicyclic amines) is 1. The standard InChI is InChI=1S/C24H43N5/c1-5-25-24(26-16-11-12-17-28(6-2)7-3)27-23-15-18-29(21(4)19-23)20-22-13-9-8-10-14-22/h8-10,13-14,21,23H,5-7,11-12,15-20H2,1-4H3,(H2,25,26,27). The van der Waals surface area contributed by atoms with E-state index < -0.39 is 0 Å². The highest BCUT2D eigenvalue weighted by atomic mass is 15.2. The summed E-state index contributed by atoms with van der Waals surface area (Å²) in [6.45, 7) is 16.4. The smallest absolute Gasteiger partial charge is 0.191 e. The number of benzene rings is 1. The Labute approximate surface area is 179 Å². The molecule has 1 aromatic carbocycles. The maximum Gasteiger partial charge on any atom is 0.191 e. The Balaban J connectivity index is 1.75. The second-order valence-corrected chi connectivity index (χ2v) is 8.17. The van der Waals surface area contributed by atoms with Crippen LogP contribution in [0.2, 0.25) is 0 Å². The molecule has 0 spiro atoms. The van der Waals surface area contributed by atoms with E-state index in [2.05, 4.69) is 78.5 Å². The van der Waals surface area contributed by atoms with Crippen LogP contribution in [0.3, 0.4) is 0 Å². The average molecular weight is 402 g/mol. The fraction of sp³-hybridized carbons (Fsp3) is 0.708. The van der Waals surface area contributed by atoms with Crippen molar-refractivity contribution >= 4 is 5.96 Å². The van der Waals surface area contributed by atoms with Gasteiger partial charge >= 0.3 is 0 Å². The summed E-state index contributed by atoms with van der Waals surface area (Å²) in [5, 5.41) is 7.13. The Morgan fingerprint density at radius 2 is 1.90 bits per heavy atom. The summed E-state index contributed by atoms with van der Waals surface area (Å²) >= 11 is 0. The Bertz CT molecular complexity index is 570. The summed E-state index contributed by atoms with van der Waals surface area (Å²) in [5.74, 6) is 0.990. The van der Waals surface area contributed by atoms with E-state index in [4.69, 9.17) is 4.99 Å². The van der Waals surface area contributed by atoms with Gasteiger partial charge in [0.25, 0.3) is 0 Å². The molecule has 0 aliphatic carbocycles. The minimum Gasteiger partial charge on any atom is -0.357 e. The van der Waals surface area contributed by atoms with Gasteiger partial charge in [0.05, 0.1) is 0 Å². The molecule has 0 radical (unpaired) electrons. The van der Waals surface area contributed by atoms with Gasteiger partial charge in [-0.3, -0.25) is 9.89 Å². The third kappa shape index (κ3) is 8.75. The van der Waals surface area contributed by atoms with Crippen LogP contribution in [0.25, 0.3) is 0 Å². The summed E-state index contributed by atoms with van der Waals surface area (Å²) in [6, 6.07) is 11.9. The number of guanidine groups is 1. The minimum absolute atomic E-state index is 0.505. The Morgan fingerprint density at radius 1 is 1.14 bits per heavy atom. The van der Waals surface area contributed by atoms with Gasteiger partial charge in [-0.15, -0.1) is 0 Å². The molecule has 2 unspecified atom stereocenters. The average Bonchev–Trinajstić information content (AvgIpc) is 2.73. The highest BCUT2D eigenvalue weighted by Gasteiger charge is 2.25. The molecule has 5 nitrogen and oxygen atoms in total. The molecule has 0 bridgehead atoms. The number of nitrogens with zero attached hydrogens (tertiary/aromatic N) is 3. The van der Waals surface area contributed by atoms with Crippen LogP contribution in [-0.2, 0) is 6.54 Å². The molecule has 0 amide bonds. The van der Waals surface area contributed by atoms with Crippen molar-refractivity contribution in [3.05, 3.63) is 35.9 Å². The van der Waals surface area contributed by atoms with Gasteiger partial charge in [-0.25, -0.2) is 0 Å². The second-order valence-electron chi connectivity index (χ2n) is 8.17. The summed E-state index contributed by atoms with van der Waals surface area (Å²) in [6.07, 6.45) is 4.71. The zero-order valence-electron chi connectivity index (χ0n) is 19.2. The molecule has 1 aliphatic rings. The van der Waals surface area contributed by atoms with Crippen LogP contribution in [0, 0.1) is 0 Å². The van der Waals surface area contributed by atoms with E-state index in [-0.39, 0.29) is 0 Å². The Hall–Kier alpha value is -1.59. The van der Waals surface area contributed by atoms with Gasteiger partial charge in [0, 0.05) is 38.3 Å². The fourth-order valence-electron chi connectivity index (χ4n) is 4.10. The number of nitrogens with one attached hydrogen (secondary N) is 2. The topological polar surface area (TPSA) is 42.9 Å². The fourth-order valence-corrected chi connectivity index (χ4v) is 4.10. The van der Waals surface area contributed by atoms with Gasteiger partial charge in [-0.05, 0) is 64.7 Å². The number of hydrogen-bond acceptors (Lipinski definition) is 3. The summed E-state index contributed by atoms with van der Waals surface area (Å²) in [7, 11) is 0. The first kappa shape index (κ1) is 23.7. The Kier molecular flexibility index (Phi) is 11.1. The molecule has 29 heavy (non-hydrogen) atoms. The molecular formula is C24H43N5. The monoisotopic (exact) mass is 401 g/mol. The number of aliphatic imine (C=N–C) groups is 1. The van der Waals surface area contributed by atoms with Crippen molar-refractivity contribution in [2.45, 2.75) is 72.0 Å². The lowest BCUT2D eigenvalue weighted by Crippen LogP contribution is -2.51. The molecule has 1 saturated heterocycles. The molecule has 164 valence electrons. The van der Waals surface area contributed by atoms with Gasteiger partial charge in [0.15, 0.2) is 5.96 Å². The van der Waals surface area contributed by atoms with Gasteiger partial charge in [0.1, 0.15) is 0 Å². The van der Waals surface area contributed by atoms with Crippen LogP contribution >= 0.6 is 0 Å². The van der Waals surface area contributed by atoms with Crippen molar-refractivity contribution in [2.24, 2.45) is 4.99 Å². The lowest BCUT2D eigenvalue weighted by molar-refractivity contribution is 0.134. The molecule has 1 aromatic rings. The van der Waals surface area contributed by atoms with Crippen LogP contribution in [0.5, 0.6) is 0 Å². The van der Waals surface area contributed by atoms with Crippen molar-refractivity contribution in [1.82, 2.24) is 20.4 Å². The van der Waals surface area contributed by atoms with E-state index in [1.165, 1.54) is 31.4 Å². The van der Waals surface area contributed by atoms with Gasteiger partial charge < -0.3 is 15.5 Å². The lowest BCUT2D eigenvalue weighted by atomic mass is 9.97. The van der Waals surface area contributed by atoms with E-state index in [9.17, 15) is 0 Å². The maximum atomic E-state index is 4.83. The molecule has 0 aromatic heterocycles. The van der Waals surface area contributed by atoms with E-state index >= 15 is 0 Å². The molecular weight excluding hydrogens is 358 g/mol. The third-order valence-corrected chi connectivity index (χ3v) is 5.97. The zero-order chi connectivity index (χ0) is 20.9. The lowest BCUT2D eigenvalue weighted by Gasteiger charge is -2.38. The number of unbranched alkanes of at least 4 members (excludes halogenated alkanes) is 1. The van der Waals surface area contributed by atoms with Gasteiger partial charge in [0.2, 0.25) is 0 Å². The molecule has 2 N–H and O–H groups in total. The van der Waals surface area contributed by atoms with Crippen LogP contribution in [0.15, 0.2) is 35.3 Å². The largest absolute Gasteiger partial charge is 0.357 e. The number of hydrogen-bond donors (Lipinski definition) is 2. The van der Waals surface area contributed by atoms with Crippen molar-refractivity contribution in [3.8, 4) is 0 Å². The first-order valence-electron chi connectivity index (χ1n) is 11.7. The first-order chi connectivity index (χ1) is 14.2. The van der Waals surface area contributed by atoms with Crippen molar-refractivity contribution < 1.29 is 0 Å². The van der Waals surface area contributed by atoms with Crippen LogP contribution < -0.4 is 10.6 Å². The second kappa shape index (κ2) is 13.6. The molecule has 1 aliphatic heterocycles. The van der Waals surface area contributed by atoms with Crippen LogP contribution in [-0.4, -0.2) is 67.1 Å². The molecule has 1 fully saturated rings. The molecule has 0 saturated carbocycles. The quantitative estimate of drug-likeness (QED) is 0.337. The SMILES string of the molecule is CCNC(=NCCCCN(CC)CC)NC1CCN(Cc2ccccc2)C(C)C1. The van der Waals surface area contributed by atoms with Crippen LogP contribution in [0.1, 0.15) is 58.9 Å². The van der Waals surface area contributed by atoms with E-state index in [1.807, 2.05) is 0 Å². The molecule has 2 atom stereocenters. The number of rotatable bonds is 11. The predicted octanol–water partition coefficient (Wildman–Crippen LogP) is 3.72. The van der Waals surface area contributed by atoms with Gasteiger partial charge in [-0.2, -0.15) is 0 Å². The Morgan fingerprint density at radius 3 is 2.55 bits per heavy atom. The van der Waals surface area contributed by atoms with Crippen molar-refractivity contribution in [1.29, 1.82) is 0 Å². The summed E-state index contributed by atoms with van der Waals surface area (Å²) < 4.78 is 0. The van der Waals surface area contributed by atoms with E-state index in [1.54, 1.807) is 0 Å². The number of piperidine rings is 1. The highest BCUT2D eigenvalue weighted by Crippen LogP contribution is 2.19. The summed E-state index contributed by atoms with van der Waals surface area (Å²) in [4.78, 5) is 9.92. The van der Waals surface area contributed by atoms with E-state index in [0.717, 1.165) is 51.6 Å². The molecule has 5 heteroatoms. The highest BCUT2D eigenvalue weighted by molar-refractivity contribution is 5.80. The minimum atomic E-state index is 0.505. The van der Waals surface area contributed by atoms with Crippen molar-refractivity contribution in [3.63, 3.8) is 0 Å². The van der Waals surface area contributed by atoms with Gasteiger partial charge in [-0.1, -0.05) is 44.2 Å². The predicted molar refractivity (Wildman–Crippen MR) is 125 cm³/mol. The van der Waals surface area contributed by atoms with Crippen molar-refractivity contribution in [2.75, 3.05) is 39.3 Å². The first-order valence-corrected chi connectivity index (χ1v) is 11.7. The summed E-state index contributed by atoms with van der Waals surface area (Å²) in [5.41, 5.74) is 1.41. The molecule has 1 heterocycles. The molecule has 2 rings (SSSR count). The third-order valence-electron chi connectivity index (χ3n) is 5.97.